The topological polar surface area (TPSA) is 29.9 Å². The molecule has 0 saturated heterocycles. The second kappa shape index (κ2) is 3.92. The maximum atomic E-state index is 5.86. The summed E-state index contributed by atoms with van der Waals surface area (Å²) in [4.78, 5) is 0. The van der Waals surface area contributed by atoms with Crippen molar-refractivity contribution >= 4 is 11.6 Å². The van der Waals surface area contributed by atoms with Crippen LogP contribution >= 0.6 is 11.6 Å². The molecular formula is C12H12ClN3. The lowest BCUT2D eigenvalue weighted by Crippen LogP contribution is -2.22. The summed E-state index contributed by atoms with van der Waals surface area (Å²) >= 11 is 5.86. The minimum atomic E-state index is 0.752. The van der Waals surface area contributed by atoms with Gasteiger partial charge < -0.3 is 5.32 Å². The molecule has 1 aromatic heterocycles. The van der Waals surface area contributed by atoms with Gasteiger partial charge in [-0.1, -0.05) is 11.6 Å². The van der Waals surface area contributed by atoms with E-state index in [9.17, 15) is 0 Å². The monoisotopic (exact) mass is 233 g/mol. The number of nitrogens with zero attached hydrogens (tertiary/aromatic N) is 2. The highest BCUT2D eigenvalue weighted by atomic mass is 35.5. The third-order valence-corrected chi connectivity index (χ3v) is 3.08. The largest absolute Gasteiger partial charge is 0.311 e. The molecule has 1 aliphatic heterocycles. The van der Waals surface area contributed by atoms with Gasteiger partial charge in [0.25, 0.3) is 0 Å². The van der Waals surface area contributed by atoms with Crippen molar-refractivity contribution in [1.82, 2.24) is 15.1 Å². The zero-order valence-corrected chi connectivity index (χ0v) is 9.54. The van der Waals surface area contributed by atoms with Gasteiger partial charge in [0.2, 0.25) is 0 Å². The van der Waals surface area contributed by atoms with Gasteiger partial charge in [-0.15, -0.1) is 0 Å². The molecule has 0 amide bonds. The van der Waals surface area contributed by atoms with Crippen LogP contribution in [0.3, 0.4) is 0 Å². The molecule has 0 saturated carbocycles. The predicted octanol–water partition coefficient (Wildman–Crippen LogP) is 2.17. The third-order valence-electron chi connectivity index (χ3n) is 2.83. The Morgan fingerprint density at radius 2 is 2.06 bits per heavy atom. The Kier molecular flexibility index (Phi) is 2.42. The van der Waals surface area contributed by atoms with E-state index in [0.29, 0.717) is 0 Å². The molecule has 0 bridgehead atoms. The van der Waals surface area contributed by atoms with Crippen LogP contribution < -0.4 is 5.32 Å². The summed E-state index contributed by atoms with van der Waals surface area (Å²) in [6, 6.07) is 7.73. The lowest BCUT2D eigenvalue weighted by molar-refractivity contribution is 0.629. The molecular weight excluding hydrogens is 222 g/mol. The van der Waals surface area contributed by atoms with Gasteiger partial charge in [0.05, 0.1) is 11.4 Å². The number of hydrogen-bond donors (Lipinski definition) is 1. The molecule has 2 heterocycles. The zero-order chi connectivity index (χ0) is 11.0. The molecule has 82 valence electrons. The first-order valence-corrected chi connectivity index (χ1v) is 5.75. The van der Waals surface area contributed by atoms with E-state index in [0.717, 1.165) is 35.9 Å². The Morgan fingerprint density at radius 3 is 2.81 bits per heavy atom. The summed E-state index contributed by atoms with van der Waals surface area (Å²) in [7, 11) is 0. The standard InChI is InChI=1S/C12H12ClN3/c13-10-1-3-11(4-2-10)16-8-9-5-6-14-7-12(9)15-16/h1-4,8,14H,5-7H2. The van der Waals surface area contributed by atoms with Gasteiger partial charge in [0.15, 0.2) is 0 Å². The highest BCUT2D eigenvalue weighted by molar-refractivity contribution is 6.30. The summed E-state index contributed by atoms with van der Waals surface area (Å²) in [5.74, 6) is 0. The summed E-state index contributed by atoms with van der Waals surface area (Å²) in [6.07, 6.45) is 3.17. The van der Waals surface area contributed by atoms with Crippen LogP contribution in [0.25, 0.3) is 5.69 Å². The van der Waals surface area contributed by atoms with E-state index < -0.39 is 0 Å². The van der Waals surface area contributed by atoms with E-state index in [-0.39, 0.29) is 0 Å². The van der Waals surface area contributed by atoms with Crippen molar-refractivity contribution < 1.29 is 0 Å². The Bertz CT molecular complexity index is 478. The van der Waals surface area contributed by atoms with E-state index in [1.807, 2.05) is 28.9 Å². The molecule has 3 rings (SSSR count). The SMILES string of the molecule is Clc1ccc(-n2cc3c(n2)CNCC3)cc1. The number of halogens is 1. The molecule has 1 aromatic carbocycles. The second-order valence-electron chi connectivity index (χ2n) is 3.95. The minimum absolute atomic E-state index is 0.752. The molecule has 0 unspecified atom stereocenters. The van der Waals surface area contributed by atoms with Gasteiger partial charge in [-0.2, -0.15) is 5.10 Å². The van der Waals surface area contributed by atoms with Gasteiger partial charge in [0, 0.05) is 17.8 Å². The molecule has 1 N–H and O–H groups in total. The molecule has 1 aliphatic rings. The first kappa shape index (κ1) is 9.87. The van der Waals surface area contributed by atoms with Crippen molar-refractivity contribution in [3.63, 3.8) is 0 Å². The molecule has 3 nitrogen and oxygen atoms in total. The van der Waals surface area contributed by atoms with Crippen LogP contribution in [0.4, 0.5) is 0 Å². The first-order valence-electron chi connectivity index (χ1n) is 5.37. The Labute approximate surface area is 99.0 Å². The average Bonchev–Trinajstić information content (AvgIpc) is 2.73. The Balaban J connectivity index is 2.00. The maximum Gasteiger partial charge on any atom is 0.0799 e. The van der Waals surface area contributed by atoms with E-state index >= 15 is 0 Å². The Morgan fingerprint density at radius 1 is 1.25 bits per heavy atom. The fourth-order valence-electron chi connectivity index (χ4n) is 1.96. The number of rotatable bonds is 1. The van der Waals surface area contributed by atoms with Crippen LogP contribution in [0.15, 0.2) is 30.5 Å². The Hall–Kier alpha value is -1.32. The van der Waals surface area contributed by atoms with Gasteiger partial charge >= 0.3 is 0 Å². The lowest BCUT2D eigenvalue weighted by Gasteiger charge is -2.09. The highest BCUT2D eigenvalue weighted by Crippen LogP contribution is 2.17. The number of aromatic nitrogens is 2. The summed E-state index contributed by atoms with van der Waals surface area (Å²) in [5.41, 5.74) is 3.55. The molecule has 0 fully saturated rings. The normalized spacial score (nSPS) is 14.8. The second-order valence-corrected chi connectivity index (χ2v) is 4.39. The maximum absolute atomic E-state index is 5.86. The lowest BCUT2D eigenvalue weighted by atomic mass is 10.1. The van der Waals surface area contributed by atoms with Crippen molar-refractivity contribution in [3.8, 4) is 5.69 Å². The van der Waals surface area contributed by atoms with Gasteiger partial charge in [-0.25, -0.2) is 4.68 Å². The van der Waals surface area contributed by atoms with Crippen molar-refractivity contribution in [2.75, 3.05) is 6.54 Å². The van der Waals surface area contributed by atoms with Crippen molar-refractivity contribution in [2.24, 2.45) is 0 Å². The van der Waals surface area contributed by atoms with Crippen LogP contribution in [0.1, 0.15) is 11.3 Å². The summed E-state index contributed by atoms with van der Waals surface area (Å²) in [5, 5.41) is 8.63. The fraction of sp³-hybridized carbons (Fsp3) is 0.250. The number of nitrogens with one attached hydrogen (secondary N) is 1. The van der Waals surface area contributed by atoms with E-state index in [2.05, 4.69) is 16.6 Å². The predicted molar refractivity (Wildman–Crippen MR) is 64.0 cm³/mol. The highest BCUT2D eigenvalue weighted by Gasteiger charge is 2.13. The van der Waals surface area contributed by atoms with Crippen LogP contribution in [0.2, 0.25) is 5.02 Å². The fourth-order valence-corrected chi connectivity index (χ4v) is 2.08. The van der Waals surface area contributed by atoms with Gasteiger partial charge in [0.1, 0.15) is 0 Å². The molecule has 4 heteroatoms. The smallest absolute Gasteiger partial charge is 0.0799 e. The van der Waals surface area contributed by atoms with Crippen molar-refractivity contribution in [2.45, 2.75) is 13.0 Å². The summed E-state index contributed by atoms with van der Waals surface area (Å²) < 4.78 is 1.92. The zero-order valence-electron chi connectivity index (χ0n) is 8.78. The van der Waals surface area contributed by atoms with Gasteiger partial charge in [-0.3, -0.25) is 0 Å². The third kappa shape index (κ3) is 1.72. The quantitative estimate of drug-likeness (QED) is 0.818. The number of fused-ring (bicyclic) bond motifs is 1. The van der Waals surface area contributed by atoms with Crippen LogP contribution in [0, 0.1) is 0 Å². The van der Waals surface area contributed by atoms with Crippen molar-refractivity contribution in [3.05, 3.63) is 46.7 Å². The van der Waals surface area contributed by atoms with Gasteiger partial charge in [-0.05, 0) is 42.8 Å². The van der Waals surface area contributed by atoms with E-state index in [1.165, 1.54) is 5.56 Å². The van der Waals surface area contributed by atoms with Crippen LogP contribution in [-0.4, -0.2) is 16.3 Å². The van der Waals surface area contributed by atoms with E-state index in [1.54, 1.807) is 0 Å². The molecule has 16 heavy (non-hydrogen) atoms. The molecule has 0 aliphatic carbocycles. The number of hydrogen-bond acceptors (Lipinski definition) is 2. The van der Waals surface area contributed by atoms with Crippen LogP contribution in [-0.2, 0) is 13.0 Å². The van der Waals surface area contributed by atoms with E-state index in [4.69, 9.17) is 11.6 Å². The summed E-state index contributed by atoms with van der Waals surface area (Å²) in [6.45, 7) is 1.91. The molecule has 0 radical (unpaired) electrons. The average molecular weight is 234 g/mol. The molecule has 2 aromatic rings. The number of benzene rings is 1. The minimum Gasteiger partial charge on any atom is -0.311 e. The first-order chi connectivity index (χ1) is 7.83. The van der Waals surface area contributed by atoms with Crippen LogP contribution in [0.5, 0.6) is 0 Å². The van der Waals surface area contributed by atoms with Crippen molar-refractivity contribution in [1.29, 1.82) is 0 Å². The molecule has 0 atom stereocenters. The molecule has 0 spiro atoms.